The first-order chi connectivity index (χ1) is 9.08. The highest BCUT2D eigenvalue weighted by molar-refractivity contribution is 6.42. The summed E-state index contributed by atoms with van der Waals surface area (Å²) >= 11 is 11.6. The highest BCUT2D eigenvalue weighted by Gasteiger charge is 2.16. The lowest BCUT2D eigenvalue weighted by molar-refractivity contribution is -0.383. The summed E-state index contributed by atoms with van der Waals surface area (Å²) in [5.41, 5.74) is 0.158. The monoisotopic (exact) mass is 302 g/mol. The molecule has 1 heterocycles. The Hall–Kier alpha value is -1.86. The Kier molecular flexibility index (Phi) is 4.18. The van der Waals surface area contributed by atoms with E-state index < -0.39 is 4.92 Å². The zero-order valence-electron chi connectivity index (χ0n) is 9.47. The number of nitro groups is 1. The van der Waals surface area contributed by atoms with Crippen molar-refractivity contribution in [3.8, 4) is 0 Å². The first kappa shape index (κ1) is 13.6. The molecule has 0 radical (unpaired) electrons. The quantitative estimate of drug-likeness (QED) is 0.674. The third-order valence-corrected chi connectivity index (χ3v) is 3.03. The molecule has 1 N–H and O–H groups in total. The van der Waals surface area contributed by atoms with Gasteiger partial charge in [-0.2, -0.15) is 4.98 Å². The highest BCUT2D eigenvalue weighted by Crippen LogP contribution is 2.33. The molecule has 9 heteroatoms. The number of benzene rings is 1. The summed E-state index contributed by atoms with van der Waals surface area (Å²) in [5.74, 6) is 0.509. The van der Waals surface area contributed by atoms with E-state index in [1.807, 2.05) is 0 Å². The van der Waals surface area contributed by atoms with E-state index in [4.69, 9.17) is 23.2 Å². The van der Waals surface area contributed by atoms with Crippen molar-refractivity contribution in [3.05, 3.63) is 44.5 Å². The topological polar surface area (TPSA) is 94.1 Å². The van der Waals surface area contributed by atoms with Crippen LogP contribution in [-0.2, 0) is 6.42 Å². The number of nitro benzene ring substituents is 1. The normalized spacial score (nSPS) is 10.4. The minimum absolute atomic E-state index is 0.136. The van der Waals surface area contributed by atoms with Gasteiger partial charge >= 0.3 is 0 Å². The smallest absolute Gasteiger partial charge is 0.293 e. The van der Waals surface area contributed by atoms with E-state index in [-0.39, 0.29) is 15.7 Å². The minimum atomic E-state index is -0.529. The van der Waals surface area contributed by atoms with Crippen LogP contribution in [0.5, 0.6) is 0 Å². The fourth-order valence-electron chi connectivity index (χ4n) is 1.44. The number of halogens is 2. The molecule has 0 bridgehead atoms. The van der Waals surface area contributed by atoms with Crippen molar-refractivity contribution in [1.29, 1.82) is 0 Å². The van der Waals surface area contributed by atoms with Crippen LogP contribution in [0.25, 0.3) is 0 Å². The Labute approximate surface area is 117 Å². The molecule has 0 amide bonds. The Morgan fingerprint density at radius 3 is 2.74 bits per heavy atom. The van der Waals surface area contributed by atoms with Crippen molar-refractivity contribution >= 4 is 34.6 Å². The van der Waals surface area contributed by atoms with Gasteiger partial charge in [0.25, 0.3) is 5.69 Å². The predicted octanol–water partition coefficient (Wildman–Crippen LogP) is 2.94. The number of hydrogen-bond acceptors (Lipinski definition) is 6. The van der Waals surface area contributed by atoms with Gasteiger partial charge in [-0.3, -0.25) is 10.1 Å². The molecule has 7 nitrogen and oxygen atoms in total. The van der Waals surface area contributed by atoms with Crippen LogP contribution in [-0.4, -0.2) is 21.6 Å². The molecule has 1 aromatic heterocycles. The number of hydrogen-bond donors (Lipinski definition) is 1. The van der Waals surface area contributed by atoms with Gasteiger partial charge in [0, 0.05) is 19.0 Å². The third kappa shape index (κ3) is 3.33. The highest BCUT2D eigenvalue weighted by atomic mass is 35.5. The number of aromatic nitrogens is 2. The molecule has 0 fully saturated rings. The summed E-state index contributed by atoms with van der Waals surface area (Å²) in [6, 6.07) is 2.62. The molecule has 0 atom stereocenters. The molecule has 1 aromatic carbocycles. The Bertz CT molecular complexity index is 589. The molecule has 0 unspecified atom stereocenters. The van der Waals surface area contributed by atoms with Crippen LogP contribution in [0.3, 0.4) is 0 Å². The minimum Gasteiger partial charge on any atom is -0.379 e. The van der Waals surface area contributed by atoms with E-state index in [1.165, 1.54) is 18.5 Å². The average Bonchev–Trinajstić information content (AvgIpc) is 2.86. The second kappa shape index (κ2) is 5.85. The molecule has 0 aliphatic rings. The average molecular weight is 303 g/mol. The van der Waals surface area contributed by atoms with Gasteiger partial charge in [0.1, 0.15) is 5.69 Å². The molecule has 2 rings (SSSR count). The number of nitrogens with zero attached hydrogens (tertiary/aromatic N) is 3. The van der Waals surface area contributed by atoms with Crippen LogP contribution in [0.4, 0.5) is 11.4 Å². The van der Waals surface area contributed by atoms with Gasteiger partial charge in [-0.15, -0.1) is 0 Å². The fraction of sp³-hybridized carbons (Fsp3) is 0.200. The van der Waals surface area contributed by atoms with E-state index in [9.17, 15) is 10.1 Å². The maximum absolute atomic E-state index is 10.9. The van der Waals surface area contributed by atoms with Crippen LogP contribution in [0.15, 0.2) is 23.0 Å². The first-order valence-electron chi connectivity index (χ1n) is 5.20. The second-order valence-corrected chi connectivity index (χ2v) is 4.38. The lowest BCUT2D eigenvalue weighted by Gasteiger charge is -2.07. The summed E-state index contributed by atoms with van der Waals surface area (Å²) in [7, 11) is 0. The molecule has 0 saturated heterocycles. The third-order valence-electron chi connectivity index (χ3n) is 2.31. The van der Waals surface area contributed by atoms with Gasteiger partial charge in [0.05, 0.1) is 15.0 Å². The van der Waals surface area contributed by atoms with E-state index in [2.05, 4.69) is 20.0 Å². The molecule has 100 valence electrons. The summed E-state index contributed by atoms with van der Waals surface area (Å²) in [5, 5.41) is 17.8. The van der Waals surface area contributed by atoms with Crippen molar-refractivity contribution in [1.82, 2.24) is 10.1 Å². The van der Waals surface area contributed by atoms with Crippen LogP contribution < -0.4 is 5.32 Å². The number of anilines is 1. The second-order valence-electron chi connectivity index (χ2n) is 3.56. The van der Waals surface area contributed by atoms with Crippen LogP contribution in [0.2, 0.25) is 10.0 Å². The summed E-state index contributed by atoms with van der Waals surface area (Å²) < 4.78 is 4.58. The lowest BCUT2D eigenvalue weighted by atomic mass is 10.2. The summed E-state index contributed by atoms with van der Waals surface area (Å²) in [4.78, 5) is 14.2. The van der Waals surface area contributed by atoms with Gasteiger partial charge in [0.15, 0.2) is 5.82 Å². The maximum atomic E-state index is 10.9. The number of rotatable bonds is 5. The van der Waals surface area contributed by atoms with Crippen molar-refractivity contribution in [2.24, 2.45) is 0 Å². The SMILES string of the molecule is O=[N+]([O-])c1cc(Cl)c(Cl)cc1NCCc1ncon1. The predicted molar refractivity (Wildman–Crippen MR) is 69.6 cm³/mol. The molecule has 0 saturated carbocycles. The molecule has 0 spiro atoms. The summed E-state index contributed by atoms with van der Waals surface area (Å²) in [6.07, 6.45) is 1.69. The molecular weight excluding hydrogens is 295 g/mol. The lowest BCUT2D eigenvalue weighted by Crippen LogP contribution is -2.07. The van der Waals surface area contributed by atoms with Crippen LogP contribution >= 0.6 is 23.2 Å². The standard InChI is InChI=1S/C10H8Cl2N4O3/c11-6-3-8(9(16(17)18)4-7(6)12)13-2-1-10-14-5-19-15-10/h3-5,13H,1-2H2. The zero-order valence-corrected chi connectivity index (χ0v) is 11.0. The Morgan fingerprint density at radius 1 is 1.37 bits per heavy atom. The van der Waals surface area contributed by atoms with E-state index in [1.54, 1.807) is 0 Å². The fourth-order valence-corrected chi connectivity index (χ4v) is 1.76. The van der Waals surface area contributed by atoms with Gasteiger partial charge in [0.2, 0.25) is 6.39 Å². The molecule has 19 heavy (non-hydrogen) atoms. The van der Waals surface area contributed by atoms with E-state index >= 15 is 0 Å². The Morgan fingerprint density at radius 2 is 2.11 bits per heavy atom. The van der Waals surface area contributed by atoms with Gasteiger partial charge in [-0.05, 0) is 6.07 Å². The van der Waals surface area contributed by atoms with E-state index in [0.717, 1.165) is 0 Å². The molecular formula is C10H8Cl2N4O3. The number of nitrogens with one attached hydrogen (secondary N) is 1. The van der Waals surface area contributed by atoms with Crippen molar-refractivity contribution in [2.75, 3.05) is 11.9 Å². The van der Waals surface area contributed by atoms with Crippen molar-refractivity contribution < 1.29 is 9.45 Å². The Balaban J connectivity index is 2.10. The first-order valence-corrected chi connectivity index (χ1v) is 5.96. The van der Waals surface area contributed by atoms with Crippen molar-refractivity contribution in [2.45, 2.75) is 6.42 Å². The molecule has 2 aromatic rings. The maximum Gasteiger partial charge on any atom is 0.293 e. The van der Waals surface area contributed by atoms with Gasteiger partial charge in [-0.1, -0.05) is 28.4 Å². The zero-order chi connectivity index (χ0) is 13.8. The van der Waals surface area contributed by atoms with Gasteiger partial charge in [-0.25, -0.2) is 0 Å². The largest absolute Gasteiger partial charge is 0.379 e. The molecule has 0 aliphatic carbocycles. The molecule has 0 aliphatic heterocycles. The van der Waals surface area contributed by atoms with Gasteiger partial charge < -0.3 is 9.84 Å². The van der Waals surface area contributed by atoms with E-state index in [0.29, 0.717) is 24.5 Å². The van der Waals surface area contributed by atoms with Crippen LogP contribution in [0, 0.1) is 10.1 Å². The summed E-state index contributed by atoms with van der Waals surface area (Å²) in [6.45, 7) is 0.401. The van der Waals surface area contributed by atoms with Crippen LogP contribution in [0.1, 0.15) is 5.82 Å². The van der Waals surface area contributed by atoms with Crippen molar-refractivity contribution in [3.63, 3.8) is 0 Å².